The van der Waals surface area contributed by atoms with Gasteiger partial charge in [0.2, 0.25) is 0 Å². The topological polar surface area (TPSA) is 75.8 Å². The van der Waals surface area contributed by atoms with Gasteiger partial charge in [-0.1, -0.05) is 12.1 Å². The van der Waals surface area contributed by atoms with E-state index in [-0.39, 0.29) is 0 Å². The molecule has 0 aliphatic rings. The van der Waals surface area contributed by atoms with Gasteiger partial charge in [0.1, 0.15) is 13.2 Å². The zero-order valence-corrected chi connectivity index (χ0v) is 10.7. The van der Waals surface area contributed by atoms with Gasteiger partial charge in [-0.15, -0.1) is 0 Å². The average Bonchev–Trinajstić information content (AvgIpc) is 3.17. The quantitative estimate of drug-likeness (QED) is 0.720. The second kappa shape index (κ2) is 5.92. The van der Waals surface area contributed by atoms with E-state index < -0.39 is 0 Å². The number of nitrogens with one attached hydrogen (secondary N) is 2. The second-order valence-corrected chi connectivity index (χ2v) is 4.18. The SMILES string of the molecule is c1ccc(OCc2cnc[nH]2)c(OCc2cnc[nH]2)c1. The standard InChI is InChI=1S/C14H14N4O2/c1-2-4-14(20-8-12-6-16-10-18-12)13(3-1)19-7-11-5-15-9-17-11/h1-6,9-10H,7-8H2,(H,15,17)(H,16,18). The van der Waals surface area contributed by atoms with Gasteiger partial charge in [-0.05, 0) is 12.1 Å². The van der Waals surface area contributed by atoms with Gasteiger partial charge in [0.05, 0.1) is 36.4 Å². The molecular formula is C14H14N4O2. The van der Waals surface area contributed by atoms with E-state index in [1.165, 1.54) is 0 Å². The van der Waals surface area contributed by atoms with Crippen LogP contribution in [0.15, 0.2) is 49.3 Å². The summed E-state index contributed by atoms with van der Waals surface area (Å²) in [6.07, 6.45) is 6.71. The van der Waals surface area contributed by atoms with Crippen molar-refractivity contribution in [2.24, 2.45) is 0 Å². The highest BCUT2D eigenvalue weighted by Gasteiger charge is 2.06. The molecule has 20 heavy (non-hydrogen) atoms. The van der Waals surface area contributed by atoms with Crippen LogP contribution in [0.1, 0.15) is 11.4 Å². The Balaban J connectivity index is 1.64. The molecule has 0 amide bonds. The number of hydrogen-bond acceptors (Lipinski definition) is 4. The summed E-state index contributed by atoms with van der Waals surface area (Å²) < 4.78 is 11.5. The van der Waals surface area contributed by atoms with Crippen LogP contribution in [0.2, 0.25) is 0 Å². The lowest BCUT2D eigenvalue weighted by Crippen LogP contribution is -2.00. The Morgan fingerprint density at radius 2 is 1.30 bits per heavy atom. The van der Waals surface area contributed by atoms with Gasteiger partial charge in [0, 0.05) is 0 Å². The first-order valence-corrected chi connectivity index (χ1v) is 6.21. The van der Waals surface area contributed by atoms with Crippen LogP contribution in [-0.2, 0) is 13.2 Å². The summed E-state index contributed by atoms with van der Waals surface area (Å²) in [4.78, 5) is 13.9. The Kier molecular flexibility index (Phi) is 3.64. The average molecular weight is 270 g/mol. The van der Waals surface area contributed by atoms with Crippen LogP contribution < -0.4 is 9.47 Å². The number of para-hydroxylation sites is 2. The second-order valence-electron chi connectivity index (χ2n) is 4.18. The molecule has 0 bridgehead atoms. The molecule has 2 N–H and O–H groups in total. The Morgan fingerprint density at radius 1 is 0.800 bits per heavy atom. The van der Waals surface area contributed by atoms with Gasteiger partial charge < -0.3 is 19.4 Å². The first kappa shape index (κ1) is 12.3. The molecule has 6 heteroatoms. The van der Waals surface area contributed by atoms with Gasteiger partial charge >= 0.3 is 0 Å². The third-order valence-corrected chi connectivity index (χ3v) is 2.73. The van der Waals surface area contributed by atoms with Crippen LogP contribution >= 0.6 is 0 Å². The Bertz CT molecular complexity index is 578. The third kappa shape index (κ3) is 2.97. The minimum atomic E-state index is 0.421. The largest absolute Gasteiger partial charge is 0.483 e. The van der Waals surface area contributed by atoms with Crippen molar-refractivity contribution in [1.29, 1.82) is 0 Å². The molecule has 0 atom stereocenters. The fraction of sp³-hybridized carbons (Fsp3) is 0.143. The molecule has 0 saturated heterocycles. The Labute approximate surface area is 115 Å². The number of H-pyrrole nitrogens is 2. The van der Waals surface area contributed by atoms with Crippen molar-refractivity contribution >= 4 is 0 Å². The summed E-state index contributed by atoms with van der Waals surface area (Å²) in [5.74, 6) is 1.39. The summed E-state index contributed by atoms with van der Waals surface area (Å²) in [7, 11) is 0. The molecule has 3 rings (SSSR count). The molecule has 1 aromatic carbocycles. The molecule has 2 aromatic heterocycles. The lowest BCUT2D eigenvalue weighted by atomic mass is 10.3. The van der Waals surface area contributed by atoms with E-state index in [0.717, 1.165) is 11.4 Å². The molecule has 0 aliphatic carbocycles. The first-order chi connectivity index (χ1) is 9.92. The molecule has 102 valence electrons. The molecule has 0 unspecified atom stereocenters. The van der Waals surface area contributed by atoms with Crippen molar-refractivity contribution in [3.63, 3.8) is 0 Å². The molecular weight excluding hydrogens is 256 g/mol. The van der Waals surface area contributed by atoms with E-state index in [1.54, 1.807) is 25.0 Å². The number of ether oxygens (including phenoxy) is 2. The van der Waals surface area contributed by atoms with Crippen molar-refractivity contribution in [3.05, 3.63) is 60.7 Å². The number of aromatic nitrogens is 4. The Hall–Kier alpha value is -2.76. The van der Waals surface area contributed by atoms with Gasteiger partial charge in [-0.3, -0.25) is 0 Å². The monoisotopic (exact) mass is 270 g/mol. The molecule has 0 aliphatic heterocycles. The fourth-order valence-corrected chi connectivity index (χ4v) is 1.73. The summed E-state index contributed by atoms with van der Waals surface area (Å²) in [6, 6.07) is 7.56. The summed E-state index contributed by atoms with van der Waals surface area (Å²) in [5, 5.41) is 0. The highest BCUT2D eigenvalue weighted by molar-refractivity contribution is 5.39. The smallest absolute Gasteiger partial charge is 0.161 e. The van der Waals surface area contributed by atoms with Crippen LogP contribution in [0.5, 0.6) is 11.5 Å². The van der Waals surface area contributed by atoms with Crippen molar-refractivity contribution < 1.29 is 9.47 Å². The minimum absolute atomic E-state index is 0.421. The summed E-state index contributed by atoms with van der Waals surface area (Å²) in [6.45, 7) is 0.842. The van der Waals surface area contributed by atoms with E-state index in [9.17, 15) is 0 Å². The molecule has 0 saturated carbocycles. The van der Waals surface area contributed by atoms with Crippen LogP contribution in [0.3, 0.4) is 0 Å². The number of benzene rings is 1. The predicted molar refractivity (Wildman–Crippen MR) is 72.3 cm³/mol. The van der Waals surface area contributed by atoms with E-state index in [0.29, 0.717) is 24.7 Å². The molecule has 3 aromatic rings. The number of nitrogens with zero attached hydrogens (tertiary/aromatic N) is 2. The highest BCUT2D eigenvalue weighted by atomic mass is 16.5. The summed E-state index contributed by atoms with van der Waals surface area (Å²) in [5.41, 5.74) is 1.82. The van der Waals surface area contributed by atoms with Crippen LogP contribution in [0.25, 0.3) is 0 Å². The summed E-state index contributed by atoms with van der Waals surface area (Å²) >= 11 is 0. The number of rotatable bonds is 6. The molecule has 0 spiro atoms. The maximum atomic E-state index is 5.73. The van der Waals surface area contributed by atoms with Crippen LogP contribution in [0, 0.1) is 0 Å². The van der Waals surface area contributed by atoms with E-state index in [2.05, 4.69) is 19.9 Å². The van der Waals surface area contributed by atoms with E-state index in [1.807, 2.05) is 24.3 Å². The lowest BCUT2D eigenvalue weighted by molar-refractivity contribution is 0.252. The maximum Gasteiger partial charge on any atom is 0.161 e. The molecule has 2 heterocycles. The van der Waals surface area contributed by atoms with Gasteiger partial charge in [0.25, 0.3) is 0 Å². The third-order valence-electron chi connectivity index (χ3n) is 2.73. The highest BCUT2D eigenvalue weighted by Crippen LogP contribution is 2.27. The molecule has 6 nitrogen and oxygen atoms in total. The van der Waals surface area contributed by atoms with Gasteiger partial charge in [-0.2, -0.15) is 0 Å². The maximum absolute atomic E-state index is 5.73. The van der Waals surface area contributed by atoms with E-state index in [4.69, 9.17) is 9.47 Å². The van der Waals surface area contributed by atoms with Crippen molar-refractivity contribution in [1.82, 2.24) is 19.9 Å². The normalized spacial score (nSPS) is 10.4. The lowest BCUT2D eigenvalue weighted by Gasteiger charge is -2.11. The fourth-order valence-electron chi connectivity index (χ4n) is 1.73. The zero-order chi connectivity index (χ0) is 13.6. The van der Waals surface area contributed by atoms with Crippen LogP contribution in [-0.4, -0.2) is 19.9 Å². The van der Waals surface area contributed by atoms with Crippen LogP contribution in [0.4, 0.5) is 0 Å². The molecule has 0 fully saturated rings. The first-order valence-electron chi connectivity index (χ1n) is 6.21. The van der Waals surface area contributed by atoms with E-state index >= 15 is 0 Å². The van der Waals surface area contributed by atoms with Crippen molar-refractivity contribution in [2.45, 2.75) is 13.2 Å². The predicted octanol–water partition coefficient (Wildman–Crippen LogP) is 2.29. The zero-order valence-electron chi connectivity index (χ0n) is 10.7. The number of aromatic amines is 2. The number of imidazole rings is 2. The van der Waals surface area contributed by atoms with Gasteiger partial charge in [-0.25, -0.2) is 9.97 Å². The minimum Gasteiger partial charge on any atom is -0.483 e. The Morgan fingerprint density at radius 3 is 1.70 bits per heavy atom. The number of hydrogen-bond donors (Lipinski definition) is 2. The van der Waals surface area contributed by atoms with Crippen molar-refractivity contribution in [3.8, 4) is 11.5 Å². The van der Waals surface area contributed by atoms with Crippen molar-refractivity contribution in [2.75, 3.05) is 0 Å². The van der Waals surface area contributed by atoms with Gasteiger partial charge in [0.15, 0.2) is 11.5 Å². The molecule has 0 radical (unpaired) electrons.